The molecule has 0 bridgehead atoms. The highest BCUT2D eigenvalue weighted by molar-refractivity contribution is 5.84. The summed E-state index contributed by atoms with van der Waals surface area (Å²) >= 11 is 0. The fourth-order valence-corrected chi connectivity index (χ4v) is 2.02. The molecule has 0 rings (SSSR count). The van der Waals surface area contributed by atoms with Gasteiger partial charge in [-0.15, -0.1) is 0 Å². The quantitative estimate of drug-likeness (QED) is 0.382. The second-order valence-electron chi connectivity index (χ2n) is 5.33. The topological polar surface area (TPSA) is 37.3 Å². The van der Waals surface area contributed by atoms with Crippen molar-refractivity contribution < 1.29 is 9.90 Å². The lowest BCUT2D eigenvalue weighted by molar-refractivity contribution is -0.126. The van der Waals surface area contributed by atoms with Crippen LogP contribution in [0.2, 0.25) is 0 Å². The molecular weight excluding hydrogens is 248 g/mol. The smallest absolute Gasteiger partial charge is 0.165 e. The maximum absolute atomic E-state index is 11.6. The lowest BCUT2D eigenvalue weighted by atomic mass is 10.1. The first-order chi connectivity index (χ1) is 9.72. The maximum atomic E-state index is 11.6. The molecule has 2 nitrogen and oxygen atoms in total. The Morgan fingerprint density at radius 3 is 2.35 bits per heavy atom. The van der Waals surface area contributed by atoms with E-state index in [9.17, 15) is 9.90 Å². The summed E-state index contributed by atoms with van der Waals surface area (Å²) in [6.45, 7) is 4.27. The van der Waals surface area contributed by atoms with Crippen molar-refractivity contribution in [3.63, 3.8) is 0 Å². The highest BCUT2D eigenvalue weighted by atomic mass is 16.3. The summed E-state index contributed by atoms with van der Waals surface area (Å²) in [6.07, 6.45) is 17.6. The predicted molar refractivity (Wildman–Crippen MR) is 86.8 cm³/mol. The number of ketones is 1. The third-order valence-corrected chi connectivity index (χ3v) is 3.34. The zero-order valence-corrected chi connectivity index (χ0v) is 13.3. The predicted octanol–water partition coefficient (Wildman–Crippen LogP) is 4.97. The second-order valence-corrected chi connectivity index (χ2v) is 5.33. The van der Waals surface area contributed by atoms with Crippen molar-refractivity contribution in [2.24, 2.45) is 0 Å². The molecule has 0 aromatic carbocycles. The standard InChI is InChI=1S/C18H32O2/c1-3-5-7-8-9-10-11-12-14-16-18(20)17(19)15-13-6-4-2/h6,12-14,17,19H,3-5,7-11,15-16H2,1-2H3/b13-6-,14-12-. The van der Waals surface area contributed by atoms with Crippen molar-refractivity contribution in [1.29, 1.82) is 0 Å². The summed E-state index contributed by atoms with van der Waals surface area (Å²) in [5.41, 5.74) is 0. The molecule has 116 valence electrons. The van der Waals surface area contributed by atoms with Crippen molar-refractivity contribution in [2.75, 3.05) is 0 Å². The van der Waals surface area contributed by atoms with Crippen LogP contribution in [0.15, 0.2) is 24.3 Å². The molecule has 0 saturated carbocycles. The fraction of sp³-hybridized carbons (Fsp3) is 0.722. The number of carbonyl (C=O) groups is 1. The molecule has 0 aliphatic rings. The van der Waals surface area contributed by atoms with Gasteiger partial charge in [0.25, 0.3) is 0 Å². The zero-order chi connectivity index (χ0) is 15.1. The average Bonchev–Trinajstić information content (AvgIpc) is 2.45. The molecule has 2 heteroatoms. The van der Waals surface area contributed by atoms with Gasteiger partial charge in [-0.2, -0.15) is 0 Å². The molecule has 0 amide bonds. The molecular formula is C18H32O2. The summed E-state index contributed by atoms with van der Waals surface area (Å²) in [4.78, 5) is 11.6. The average molecular weight is 280 g/mol. The van der Waals surface area contributed by atoms with Gasteiger partial charge in [-0.25, -0.2) is 0 Å². The van der Waals surface area contributed by atoms with Gasteiger partial charge in [0, 0.05) is 6.42 Å². The zero-order valence-electron chi connectivity index (χ0n) is 13.3. The van der Waals surface area contributed by atoms with Gasteiger partial charge >= 0.3 is 0 Å². The molecule has 0 aliphatic heterocycles. The van der Waals surface area contributed by atoms with Crippen molar-refractivity contribution in [3.8, 4) is 0 Å². The Labute approximate surface area is 125 Å². The third kappa shape index (κ3) is 12.2. The molecule has 0 fully saturated rings. The van der Waals surface area contributed by atoms with Gasteiger partial charge in [0.15, 0.2) is 5.78 Å². The highest BCUT2D eigenvalue weighted by Gasteiger charge is 2.10. The van der Waals surface area contributed by atoms with Gasteiger partial charge in [0.1, 0.15) is 6.10 Å². The number of rotatable bonds is 13. The Hall–Kier alpha value is -0.890. The highest BCUT2D eigenvalue weighted by Crippen LogP contribution is 2.07. The Bertz CT molecular complexity index is 279. The molecule has 1 unspecified atom stereocenters. The van der Waals surface area contributed by atoms with Gasteiger partial charge < -0.3 is 5.11 Å². The molecule has 0 radical (unpaired) electrons. The summed E-state index contributed by atoms with van der Waals surface area (Å²) < 4.78 is 0. The van der Waals surface area contributed by atoms with E-state index in [0.29, 0.717) is 12.8 Å². The minimum Gasteiger partial charge on any atom is -0.385 e. The Balaban J connectivity index is 3.53. The SMILES string of the molecule is CC/C=C\CC(O)C(=O)C/C=C\CCCCCCCC. The Morgan fingerprint density at radius 1 is 0.950 bits per heavy atom. The number of allylic oxidation sites excluding steroid dienone is 3. The lowest BCUT2D eigenvalue weighted by Crippen LogP contribution is -2.18. The molecule has 20 heavy (non-hydrogen) atoms. The molecule has 0 heterocycles. The van der Waals surface area contributed by atoms with E-state index in [0.717, 1.165) is 12.8 Å². The van der Waals surface area contributed by atoms with E-state index in [-0.39, 0.29) is 5.78 Å². The fourth-order valence-electron chi connectivity index (χ4n) is 2.02. The minimum absolute atomic E-state index is 0.0788. The van der Waals surface area contributed by atoms with E-state index in [4.69, 9.17) is 0 Å². The molecule has 0 aromatic rings. The van der Waals surface area contributed by atoms with E-state index in [2.05, 4.69) is 13.0 Å². The van der Waals surface area contributed by atoms with Crippen LogP contribution in [0.1, 0.15) is 78.1 Å². The van der Waals surface area contributed by atoms with Crippen LogP contribution in [0.25, 0.3) is 0 Å². The van der Waals surface area contributed by atoms with Crippen LogP contribution < -0.4 is 0 Å². The van der Waals surface area contributed by atoms with E-state index in [1.807, 2.05) is 25.2 Å². The largest absolute Gasteiger partial charge is 0.385 e. The first kappa shape index (κ1) is 19.1. The number of hydrogen-bond acceptors (Lipinski definition) is 2. The molecule has 1 atom stereocenters. The van der Waals surface area contributed by atoms with Gasteiger partial charge in [-0.05, 0) is 25.7 Å². The first-order valence-electron chi connectivity index (χ1n) is 8.23. The van der Waals surface area contributed by atoms with Crippen molar-refractivity contribution in [2.45, 2.75) is 84.2 Å². The van der Waals surface area contributed by atoms with Crippen molar-refractivity contribution in [3.05, 3.63) is 24.3 Å². The molecule has 0 saturated heterocycles. The summed E-state index contributed by atoms with van der Waals surface area (Å²) in [7, 11) is 0. The van der Waals surface area contributed by atoms with E-state index >= 15 is 0 Å². The van der Waals surface area contributed by atoms with Crippen LogP contribution in [0.5, 0.6) is 0 Å². The Kier molecular flexibility index (Phi) is 13.9. The number of Topliss-reactive ketones (excluding diaryl/α,β-unsaturated/α-hetero) is 1. The van der Waals surface area contributed by atoms with Crippen LogP contribution in [-0.4, -0.2) is 17.0 Å². The second kappa shape index (κ2) is 14.5. The van der Waals surface area contributed by atoms with E-state index in [1.54, 1.807) is 0 Å². The van der Waals surface area contributed by atoms with Crippen LogP contribution in [0.4, 0.5) is 0 Å². The first-order valence-corrected chi connectivity index (χ1v) is 8.23. The van der Waals surface area contributed by atoms with Crippen LogP contribution in [0.3, 0.4) is 0 Å². The minimum atomic E-state index is -0.837. The summed E-state index contributed by atoms with van der Waals surface area (Å²) in [5, 5.41) is 9.63. The van der Waals surface area contributed by atoms with Gasteiger partial charge in [-0.1, -0.05) is 70.3 Å². The molecule has 0 spiro atoms. The van der Waals surface area contributed by atoms with Gasteiger partial charge in [0.2, 0.25) is 0 Å². The third-order valence-electron chi connectivity index (χ3n) is 3.34. The van der Waals surface area contributed by atoms with Gasteiger partial charge in [0.05, 0.1) is 0 Å². The van der Waals surface area contributed by atoms with Crippen molar-refractivity contribution in [1.82, 2.24) is 0 Å². The number of unbranched alkanes of at least 4 members (excludes halogenated alkanes) is 6. The Morgan fingerprint density at radius 2 is 1.65 bits per heavy atom. The van der Waals surface area contributed by atoms with Crippen LogP contribution >= 0.6 is 0 Å². The summed E-state index contributed by atoms with van der Waals surface area (Å²) in [6, 6.07) is 0. The van der Waals surface area contributed by atoms with Crippen LogP contribution in [0, 0.1) is 0 Å². The van der Waals surface area contributed by atoms with Gasteiger partial charge in [-0.3, -0.25) is 4.79 Å². The number of aliphatic hydroxyl groups excluding tert-OH is 1. The lowest BCUT2D eigenvalue weighted by Gasteiger charge is -2.04. The monoisotopic (exact) mass is 280 g/mol. The summed E-state index contributed by atoms with van der Waals surface area (Å²) in [5.74, 6) is -0.0788. The molecule has 1 N–H and O–H groups in total. The number of carbonyl (C=O) groups excluding carboxylic acids is 1. The molecule has 0 aliphatic carbocycles. The maximum Gasteiger partial charge on any atom is 0.165 e. The molecule has 0 aromatic heterocycles. The van der Waals surface area contributed by atoms with Crippen LogP contribution in [-0.2, 0) is 4.79 Å². The van der Waals surface area contributed by atoms with E-state index in [1.165, 1.54) is 38.5 Å². The van der Waals surface area contributed by atoms with Crippen molar-refractivity contribution >= 4 is 5.78 Å². The number of hydrogen-bond donors (Lipinski definition) is 1. The number of aliphatic hydroxyl groups is 1. The normalized spacial score (nSPS) is 13.3. The van der Waals surface area contributed by atoms with E-state index < -0.39 is 6.10 Å².